The number of hydrogen-bond acceptors (Lipinski definition) is 7. The molecule has 0 radical (unpaired) electrons. The number of benzene rings is 4. The number of aliphatic carboxylic acids is 2. The number of nitrogens with one attached hydrogen (secondary N) is 1. The van der Waals surface area contributed by atoms with E-state index >= 15 is 0 Å². The van der Waals surface area contributed by atoms with Crippen molar-refractivity contribution in [3.8, 4) is 11.5 Å². The molecule has 9 heteroatoms. The minimum atomic E-state index is -1.26. The van der Waals surface area contributed by atoms with Crippen molar-refractivity contribution in [2.45, 2.75) is 45.6 Å². The third-order valence-electron chi connectivity index (χ3n) is 8.85. The number of hydrogen-bond donors (Lipinski definition) is 3. The highest BCUT2D eigenvalue weighted by atomic mass is 16.5. The first-order chi connectivity index (χ1) is 24.3. The topological polar surface area (TPSA) is 112 Å². The van der Waals surface area contributed by atoms with E-state index in [1.54, 1.807) is 0 Å². The summed E-state index contributed by atoms with van der Waals surface area (Å²) in [6, 6.07) is 38.2. The van der Waals surface area contributed by atoms with Gasteiger partial charge in [-0.05, 0) is 53.9 Å². The van der Waals surface area contributed by atoms with Gasteiger partial charge in [-0.1, -0.05) is 111 Å². The number of carboxylic acid groups (broad SMARTS) is 2. The Morgan fingerprint density at radius 3 is 1.84 bits per heavy atom. The van der Waals surface area contributed by atoms with Gasteiger partial charge in [0.05, 0.1) is 5.54 Å². The van der Waals surface area contributed by atoms with Crippen LogP contribution in [0.1, 0.15) is 42.5 Å². The van der Waals surface area contributed by atoms with Crippen LogP contribution in [-0.2, 0) is 34.9 Å². The van der Waals surface area contributed by atoms with Crippen molar-refractivity contribution in [1.29, 1.82) is 0 Å². The van der Waals surface area contributed by atoms with Crippen molar-refractivity contribution in [2.24, 2.45) is 0 Å². The predicted molar refractivity (Wildman–Crippen MR) is 196 cm³/mol. The molecule has 1 aliphatic heterocycles. The lowest BCUT2D eigenvalue weighted by Gasteiger charge is -2.49. The van der Waals surface area contributed by atoms with E-state index in [-0.39, 0.29) is 5.54 Å². The molecule has 4 aromatic rings. The fraction of sp³-hybridized carbons (Fsp3) is 0.317. The number of carboxylic acids is 2. The highest BCUT2D eigenvalue weighted by molar-refractivity contribution is 5.89. The van der Waals surface area contributed by atoms with E-state index in [2.05, 4.69) is 102 Å². The average molecular weight is 680 g/mol. The molecule has 0 aliphatic carbocycles. The predicted octanol–water partition coefficient (Wildman–Crippen LogP) is 6.59. The molecular formula is C41H49N3O6. The maximum Gasteiger partial charge on any atom is 0.328 e. The second-order valence-electron chi connectivity index (χ2n) is 12.1. The molecule has 1 aliphatic rings. The SMILES string of the molecule is CCN(CC)CCC1(c2ccccc2)CNCCN1Cc1ccc(OCc2ccccc2)c(OCc2ccccc2)c1.O=C(O)C=CC(=O)O. The Morgan fingerprint density at radius 2 is 1.30 bits per heavy atom. The van der Waals surface area contributed by atoms with Crippen molar-refractivity contribution in [3.63, 3.8) is 0 Å². The fourth-order valence-electron chi connectivity index (χ4n) is 6.09. The van der Waals surface area contributed by atoms with E-state index in [0.29, 0.717) is 25.4 Å². The molecule has 0 saturated carbocycles. The molecule has 0 bridgehead atoms. The van der Waals surface area contributed by atoms with Gasteiger partial charge in [0.2, 0.25) is 0 Å². The minimum Gasteiger partial charge on any atom is -0.485 e. The summed E-state index contributed by atoms with van der Waals surface area (Å²) >= 11 is 0. The molecule has 0 aromatic heterocycles. The zero-order valence-corrected chi connectivity index (χ0v) is 29.0. The molecule has 1 fully saturated rings. The number of nitrogens with zero attached hydrogens (tertiary/aromatic N) is 2. The van der Waals surface area contributed by atoms with Gasteiger partial charge in [0.25, 0.3) is 0 Å². The van der Waals surface area contributed by atoms with Crippen molar-refractivity contribution >= 4 is 11.9 Å². The van der Waals surface area contributed by atoms with Crippen LogP contribution in [0.5, 0.6) is 11.5 Å². The highest BCUT2D eigenvalue weighted by Crippen LogP contribution is 2.37. The Kier molecular flexibility index (Phi) is 15.1. The number of rotatable bonds is 16. The Labute approximate surface area is 295 Å². The monoisotopic (exact) mass is 679 g/mol. The summed E-state index contributed by atoms with van der Waals surface area (Å²) in [5.74, 6) is -0.953. The summed E-state index contributed by atoms with van der Waals surface area (Å²) in [5, 5.41) is 19.4. The molecule has 1 heterocycles. The minimum absolute atomic E-state index is 0.0877. The quantitative estimate of drug-likeness (QED) is 0.113. The van der Waals surface area contributed by atoms with Crippen LogP contribution in [-0.4, -0.2) is 71.2 Å². The second kappa shape index (κ2) is 19.9. The standard InChI is InChI=1S/C37H45N3O2.C4H4O4/c1-3-39(4-2)24-22-37(34-18-12-7-13-19-34)30-38-23-25-40(37)27-33-20-21-35(41-28-31-14-8-5-9-15-31)36(26-33)42-29-32-16-10-6-11-17-32;5-3(6)1-2-4(7)8/h5-21,26,38H,3-4,22-25,27-30H2,1-2H3;1-2H,(H,5,6)(H,7,8). The van der Waals surface area contributed by atoms with Gasteiger partial charge in [-0.15, -0.1) is 0 Å². The van der Waals surface area contributed by atoms with Gasteiger partial charge in [-0.2, -0.15) is 0 Å². The van der Waals surface area contributed by atoms with Crippen LogP contribution in [0.15, 0.2) is 121 Å². The van der Waals surface area contributed by atoms with Crippen LogP contribution in [0, 0.1) is 0 Å². The van der Waals surface area contributed by atoms with Crippen LogP contribution in [0.4, 0.5) is 0 Å². The van der Waals surface area contributed by atoms with Crippen LogP contribution in [0.3, 0.4) is 0 Å². The first-order valence-corrected chi connectivity index (χ1v) is 17.2. The summed E-state index contributed by atoms with van der Waals surface area (Å²) < 4.78 is 12.7. The molecule has 5 rings (SSSR count). The molecule has 0 amide bonds. The van der Waals surface area contributed by atoms with E-state index in [1.807, 2.05) is 36.4 Å². The Bertz CT molecular complexity index is 1610. The lowest BCUT2D eigenvalue weighted by Crippen LogP contribution is -2.59. The highest BCUT2D eigenvalue weighted by Gasteiger charge is 2.40. The van der Waals surface area contributed by atoms with Gasteiger partial charge in [0.1, 0.15) is 13.2 Å². The third-order valence-corrected chi connectivity index (χ3v) is 8.85. The normalized spacial score (nSPS) is 16.1. The molecule has 50 heavy (non-hydrogen) atoms. The van der Waals surface area contributed by atoms with Crippen LogP contribution in [0.25, 0.3) is 0 Å². The molecule has 1 atom stereocenters. The van der Waals surface area contributed by atoms with Gasteiger partial charge in [-0.25, -0.2) is 9.59 Å². The largest absolute Gasteiger partial charge is 0.485 e. The Hall–Kier alpha value is -4.96. The molecular weight excluding hydrogens is 630 g/mol. The summed E-state index contributed by atoms with van der Waals surface area (Å²) in [7, 11) is 0. The van der Waals surface area contributed by atoms with Gasteiger partial charge < -0.3 is 29.9 Å². The maximum atomic E-state index is 9.55. The smallest absolute Gasteiger partial charge is 0.328 e. The lowest BCUT2D eigenvalue weighted by atomic mass is 9.82. The zero-order chi connectivity index (χ0) is 35.6. The second-order valence-corrected chi connectivity index (χ2v) is 12.1. The molecule has 4 aromatic carbocycles. The number of ether oxygens (including phenoxy) is 2. The Balaban J connectivity index is 0.000000627. The van der Waals surface area contributed by atoms with Gasteiger partial charge in [0, 0.05) is 44.9 Å². The van der Waals surface area contributed by atoms with Gasteiger partial charge >= 0.3 is 11.9 Å². The van der Waals surface area contributed by atoms with E-state index in [9.17, 15) is 9.59 Å². The van der Waals surface area contributed by atoms with Crippen LogP contribution in [0.2, 0.25) is 0 Å². The average Bonchev–Trinajstić information content (AvgIpc) is 3.15. The van der Waals surface area contributed by atoms with Crippen LogP contribution < -0.4 is 14.8 Å². The van der Waals surface area contributed by atoms with Crippen molar-refractivity contribution < 1.29 is 29.3 Å². The first kappa shape index (κ1) is 37.9. The molecule has 3 N–H and O–H groups in total. The van der Waals surface area contributed by atoms with Crippen molar-refractivity contribution in [3.05, 3.63) is 144 Å². The first-order valence-electron chi connectivity index (χ1n) is 17.2. The number of carbonyl (C=O) groups is 2. The molecule has 0 spiro atoms. The van der Waals surface area contributed by atoms with Gasteiger partial charge in [-0.3, -0.25) is 4.90 Å². The Morgan fingerprint density at radius 1 is 0.760 bits per heavy atom. The van der Waals surface area contributed by atoms with E-state index in [0.717, 1.165) is 74.9 Å². The molecule has 9 nitrogen and oxygen atoms in total. The maximum absolute atomic E-state index is 9.55. The molecule has 1 unspecified atom stereocenters. The lowest BCUT2D eigenvalue weighted by molar-refractivity contribution is -0.134. The fourth-order valence-corrected chi connectivity index (χ4v) is 6.09. The van der Waals surface area contributed by atoms with E-state index in [4.69, 9.17) is 19.7 Å². The molecule has 264 valence electrons. The summed E-state index contributed by atoms with van der Waals surface area (Å²) in [5.41, 5.74) is 4.80. The van der Waals surface area contributed by atoms with E-state index in [1.165, 1.54) is 11.1 Å². The van der Waals surface area contributed by atoms with Crippen molar-refractivity contribution in [1.82, 2.24) is 15.1 Å². The van der Waals surface area contributed by atoms with Gasteiger partial charge in [0.15, 0.2) is 11.5 Å². The summed E-state index contributed by atoms with van der Waals surface area (Å²) in [4.78, 5) is 24.3. The summed E-state index contributed by atoms with van der Waals surface area (Å²) in [6.07, 6.45) is 2.19. The van der Waals surface area contributed by atoms with E-state index < -0.39 is 11.9 Å². The number of piperazine rings is 1. The van der Waals surface area contributed by atoms with Crippen LogP contribution >= 0.6 is 0 Å². The molecule has 1 saturated heterocycles. The third kappa shape index (κ3) is 11.6. The zero-order valence-electron chi connectivity index (χ0n) is 29.0. The summed E-state index contributed by atoms with van der Waals surface area (Å²) in [6.45, 7) is 12.5. The van der Waals surface area contributed by atoms with Crippen molar-refractivity contribution in [2.75, 3.05) is 39.3 Å².